The third-order valence-electron chi connectivity index (χ3n) is 2.63. The van der Waals surface area contributed by atoms with Crippen LogP contribution in [-0.4, -0.2) is 24.5 Å². The van der Waals surface area contributed by atoms with Gasteiger partial charge in [-0.2, -0.15) is 0 Å². The van der Waals surface area contributed by atoms with Crippen molar-refractivity contribution in [2.24, 2.45) is 4.99 Å². The van der Waals surface area contributed by atoms with Crippen LogP contribution in [0.15, 0.2) is 52.2 Å². The fourth-order valence-electron chi connectivity index (χ4n) is 1.66. The van der Waals surface area contributed by atoms with Crippen molar-refractivity contribution in [1.82, 2.24) is 15.6 Å². The Hall–Kier alpha value is -2.30. The summed E-state index contributed by atoms with van der Waals surface area (Å²) in [5.74, 6) is 1.73. The number of hydrogen-bond donors (Lipinski definition) is 2. The Morgan fingerprint density at radius 1 is 1.26 bits per heavy atom. The summed E-state index contributed by atoms with van der Waals surface area (Å²) in [6.45, 7) is 1.43. The molecule has 0 fully saturated rings. The molecule has 0 spiro atoms. The first-order chi connectivity index (χ1) is 9.38. The fraction of sp³-hybridized carbons (Fsp3) is 0.286. The third kappa shape index (κ3) is 4.46. The van der Waals surface area contributed by atoms with E-state index in [1.54, 1.807) is 19.5 Å². The van der Waals surface area contributed by atoms with Crippen LogP contribution < -0.4 is 10.6 Å². The van der Waals surface area contributed by atoms with Crippen LogP contribution in [0.5, 0.6) is 0 Å². The van der Waals surface area contributed by atoms with Gasteiger partial charge in [0.05, 0.1) is 18.5 Å². The molecular formula is C14H18N4O. The normalized spacial score (nSPS) is 11.3. The molecule has 5 nitrogen and oxygen atoms in total. The molecule has 0 aliphatic carbocycles. The molecule has 0 atom stereocenters. The zero-order chi connectivity index (χ0) is 13.3. The van der Waals surface area contributed by atoms with Crippen molar-refractivity contribution in [3.63, 3.8) is 0 Å². The number of rotatable bonds is 5. The molecule has 0 radical (unpaired) electrons. The summed E-state index contributed by atoms with van der Waals surface area (Å²) < 4.78 is 5.27. The Bertz CT molecular complexity index is 493. The van der Waals surface area contributed by atoms with E-state index in [4.69, 9.17) is 4.42 Å². The van der Waals surface area contributed by atoms with E-state index in [1.807, 2.05) is 30.3 Å². The minimum absolute atomic E-state index is 0.654. The van der Waals surface area contributed by atoms with Crippen LogP contribution in [-0.2, 0) is 13.0 Å². The average Bonchev–Trinajstić information content (AvgIpc) is 2.97. The summed E-state index contributed by atoms with van der Waals surface area (Å²) in [7, 11) is 1.75. The number of nitrogens with one attached hydrogen (secondary N) is 2. The smallest absolute Gasteiger partial charge is 0.191 e. The zero-order valence-corrected chi connectivity index (χ0v) is 11.0. The van der Waals surface area contributed by atoms with Gasteiger partial charge < -0.3 is 15.1 Å². The maximum absolute atomic E-state index is 5.27. The lowest BCUT2D eigenvalue weighted by Gasteiger charge is -2.10. The summed E-state index contributed by atoms with van der Waals surface area (Å²) in [5, 5.41) is 6.44. The second-order valence-electron chi connectivity index (χ2n) is 4.00. The largest absolute Gasteiger partial charge is 0.469 e. The summed E-state index contributed by atoms with van der Waals surface area (Å²) in [6, 6.07) is 9.70. The first-order valence-electron chi connectivity index (χ1n) is 6.25. The number of furan rings is 1. The van der Waals surface area contributed by atoms with Crippen molar-refractivity contribution in [3.8, 4) is 0 Å². The number of pyridine rings is 1. The van der Waals surface area contributed by atoms with E-state index in [2.05, 4.69) is 20.6 Å². The van der Waals surface area contributed by atoms with Crippen molar-refractivity contribution >= 4 is 5.96 Å². The molecule has 0 aliphatic heterocycles. The van der Waals surface area contributed by atoms with E-state index >= 15 is 0 Å². The molecule has 0 aliphatic rings. The Morgan fingerprint density at radius 3 is 2.89 bits per heavy atom. The predicted molar refractivity (Wildman–Crippen MR) is 74.9 cm³/mol. The van der Waals surface area contributed by atoms with Crippen LogP contribution in [0.2, 0.25) is 0 Å². The maximum atomic E-state index is 5.27. The zero-order valence-electron chi connectivity index (χ0n) is 11.0. The Morgan fingerprint density at radius 2 is 2.21 bits per heavy atom. The third-order valence-corrected chi connectivity index (χ3v) is 2.63. The molecule has 0 aromatic carbocycles. The van der Waals surface area contributed by atoms with Crippen LogP contribution in [0.4, 0.5) is 0 Å². The monoisotopic (exact) mass is 258 g/mol. The molecule has 2 rings (SSSR count). The molecule has 0 bridgehead atoms. The number of nitrogens with zero attached hydrogens (tertiary/aromatic N) is 2. The van der Waals surface area contributed by atoms with Crippen LogP contribution in [0.3, 0.4) is 0 Å². The lowest BCUT2D eigenvalue weighted by molar-refractivity contribution is 0.506. The summed E-state index contributed by atoms with van der Waals surface area (Å²) in [4.78, 5) is 8.40. The summed E-state index contributed by atoms with van der Waals surface area (Å²) in [5.41, 5.74) is 0.983. The second-order valence-corrected chi connectivity index (χ2v) is 4.00. The Kier molecular flexibility index (Phi) is 4.98. The number of hydrogen-bond acceptors (Lipinski definition) is 3. The van der Waals surface area contributed by atoms with E-state index in [0.29, 0.717) is 6.54 Å². The number of aliphatic imine (C=N–C) groups is 1. The number of aromatic nitrogens is 1. The van der Waals surface area contributed by atoms with Crippen molar-refractivity contribution in [2.75, 3.05) is 13.6 Å². The van der Waals surface area contributed by atoms with E-state index < -0.39 is 0 Å². The van der Waals surface area contributed by atoms with Gasteiger partial charge in [0.15, 0.2) is 5.96 Å². The predicted octanol–water partition coefficient (Wildman–Crippen LogP) is 1.58. The van der Waals surface area contributed by atoms with E-state index in [9.17, 15) is 0 Å². The van der Waals surface area contributed by atoms with Gasteiger partial charge in [0.1, 0.15) is 5.76 Å². The SMILES string of the molecule is CN=C(NCCc1ccco1)NCc1ccccn1. The van der Waals surface area contributed by atoms with Gasteiger partial charge in [0, 0.05) is 26.2 Å². The van der Waals surface area contributed by atoms with E-state index in [0.717, 1.165) is 30.4 Å². The lowest BCUT2D eigenvalue weighted by Crippen LogP contribution is -2.38. The van der Waals surface area contributed by atoms with Crippen molar-refractivity contribution in [1.29, 1.82) is 0 Å². The van der Waals surface area contributed by atoms with Crippen LogP contribution in [0, 0.1) is 0 Å². The molecule has 0 amide bonds. The molecule has 2 aromatic rings. The molecular weight excluding hydrogens is 240 g/mol. The molecule has 2 N–H and O–H groups in total. The molecule has 5 heteroatoms. The highest BCUT2D eigenvalue weighted by Gasteiger charge is 2.00. The van der Waals surface area contributed by atoms with Gasteiger partial charge in [-0.25, -0.2) is 0 Å². The minimum atomic E-state index is 0.654. The van der Waals surface area contributed by atoms with Gasteiger partial charge in [-0.1, -0.05) is 6.07 Å². The molecule has 19 heavy (non-hydrogen) atoms. The van der Waals surface area contributed by atoms with E-state index in [1.165, 1.54) is 0 Å². The number of guanidine groups is 1. The quantitative estimate of drug-likeness (QED) is 0.631. The summed E-state index contributed by atoms with van der Waals surface area (Å²) in [6.07, 6.45) is 4.30. The van der Waals surface area contributed by atoms with Crippen molar-refractivity contribution in [2.45, 2.75) is 13.0 Å². The molecule has 0 saturated heterocycles. The second kappa shape index (κ2) is 7.20. The Labute approximate surface area is 112 Å². The summed E-state index contributed by atoms with van der Waals surface area (Å²) >= 11 is 0. The van der Waals surface area contributed by atoms with Gasteiger partial charge in [0.25, 0.3) is 0 Å². The highest BCUT2D eigenvalue weighted by atomic mass is 16.3. The highest BCUT2D eigenvalue weighted by Crippen LogP contribution is 1.99. The first-order valence-corrected chi connectivity index (χ1v) is 6.25. The minimum Gasteiger partial charge on any atom is -0.469 e. The van der Waals surface area contributed by atoms with Crippen LogP contribution >= 0.6 is 0 Å². The standard InChI is InChI=1S/C14H18N4O/c1-15-14(17-9-7-13-6-4-10-19-13)18-11-12-5-2-3-8-16-12/h2-6,8,10H,7,9,11H2,1H3,(H2,15,17,18). The Balaban J connectivity index is 1.72. The van der Waals surface area contributed by atoms with Gasteiger partial charge in [-0.15, -0.1) is 0 Å². The van der Waals surface area contributed by atoms with Crippen LogP contribution in [0.25, 0.3) is 0 Å². The molecule has 2 aromatic heterocycles. The first kappa shape index (κ1) is 13.1. The molecule has 2 heterocycles. The van der Waals surface area contributed by atoms with E-state index in [-0.39, 0.29) is 0 Å². The molecule has 0 unspecified atom stereocenters. The van der Waals surface area contributed by atoms with Gasteiger partial charge >= 0.3 is 0 Å². The topological polar surface area (TPSA) is 62.5 Å². The average molecular weight is 258 g/mol. The van der Waals surface area contributed by atoms with Crippen molar-refractivity contribution < 1.29 is 4.42 Å². The van der Waals surface area contributed by atoms with Crippen molar-refractivity contribution in [3.05, 3.63) is 54.2 Å². The fourth-order valence-corrected chi connectivity index (χ4v) is 1.66. The van der Waals surface area contributed by atoms with Gasteiger partial charge in [-0.05, 0) is 24.3 Å². The van der Waals surface area contributed by atoms with Gasteiger partial charge in [-0.3, -0.25) is 9.98 Å². The van der Waals surface area contributed by atoms with Gasteiger partial charge in [0.2, 0.25) is 0 Å². The van der Waals surface area contributed by atoms with Crippen LogP contribution in [0.1, 0.15) is 11.5 Å². The maximum Gasteiger partial charge on any atom is 0.191 e. The molecule has 0 saturated carbocycles. The lowest BCUT2D eigenvalue weighted by atomic mass is 10.3. The molecule has 100 valence electrons. The highest BCUT2D eigenvalue weighted by molar-refractivity contribution is 5.79.